The molecule has 1 aromatic heterocycles. The van der Waals surface area contributed by atoms with Gasteiger partial charge in [0.15, 0.2) is 0 Å². The quantitative estimate of drug-likeness (QED) is 0.798. The molecule has 0 saturated heterocycles. The lowest BCUT2D eigenvalue weighted by molar-refractivity contribution is 0.790. The average molecular weight is 271 g/mol. The smallest absolute Gasteiger partial charge is 0.103 e. The fraction of sp³-hybridized carbons (Fsp3) is 0.333. The molecule has 0 N–H and O–H groups in total. The molecule has 0 atom stereocenters. The van der Waals surface area contributed by atoms with Crippen molar-refractivity contribution < 1.29 is 0 Å². The van der Waals surface area contributed by atoms with E-state index in [2.05, 4.69) is 31.1 Å². The number of benzene rings is 1. The SMILES string of the molecule is CCc1cc(CC)n(-c2cccc(SC)c2C#N)n1. The van der Waals surface area contributed by atoms with E-state index in [0.717, 1.165) is 34.8 Å². The van der Waals surface area contributed by atoms with Gasteiger partial charge in [0.2, 0.25) is 0 Å². The van der Waals surface area contributed by atoms with E-state index in [9.17, 15) is 5.26 Å². The van der Waals surface area contributed by atoms with E-state index < -0.39 is 0 Å². The summed E-state index contributed by atoms with van der Waals surface area (Å²) in [4.78, 5) is 0.996. The second-order valence-electron chi connectivity index (χ2n) is 4.21. The molecule has 19 heavy (non-hydrogen) atoms. The molecular weight excluding hydrogens is 254 g/mol. The van der Waals surface area contributed by atoms with Crippen molar-refractivity contribution in [2.45, 2.75) is 31.6 Å². The van der Waals surface area contributed by atoms with E-state index in [1.807, 2.05) is 29.1 Å². The van der Waals surface area contributed by atoms with Gasteiger partial charge in [-0.2, -0.15) is 10.4 Å². The van der Waals surface area contributed by atoms with Gasteiger partial charge in [0.1, 0.15) is 6.07 Å². The summed E-state index contributed by atoms with van der Waals surface area (Å²) in [6.07, 6.45) is 3.80. The van der Waals surface area contributed by atoms with Gasteiger partial charge in [-0.15, -0.1) is 11.8 Å². The van der Waals surface area contributed by atoms with Gasteiger partial charge in [0.05, 0.1) is 16.9 Å². The second-order valence-corrected chi connectivity index (χ2v) is 5.06. The van der Waals surface area contributed by atoms with Crippen LogP contribution in [0.5, 0.6) is 0 Å². The van der Waals surface area contributed by atoms with E-state index in [1.54, 1.807) is 11.8 Å². The van der Waals surface area contributed by atoms with Gasteiger partial charge in [0.25, 0.3) is 0 Å². The molecule has 0 aliphatic carbocycles. The molecule has 0 saturated carbocycles. The number of aryl methyl sites for hydroxylation is 2. The Kier molecular flexibility index (Phi) is 4.28. The molecular formula is C15H17N3S. The predicted octanol–water partition coefficient (Wildman–Crippen LogP) is 3.59. The molecule has 0 radical (unpaired) electrons. The summed E-state index contributed by atoms with van der Waals surface area (Å²) in [6, 6.07) is 10.3. The van der Waals surface area contributed by atoms with Crippen LogP contribution in [-0.2, 0) is 12.8 Å². The van der Waals surface area contributed by atoms with E-state index in [4.69, 9.17) is 0 Å². The Morgan fingerprint density at radius 3 is 2.68 bits per heavy atom. The topological polar surface area (TPSA) is 41.6 Å². The van der Waals surface area contributed by atoms with Crippen molar-refractivity contribution in [2.75, 3.05) is 6.26 Å². The maximum atomic E-state index is 9.41. The summed E-state index contributed by atoms with van der Waals surface area (Å²) in [5, 5.41) is 14.0. The van der Waals surface area contributed by atoms with Crippen LogP contribution in [0.3, 0.4) is 0 Å². The van der Waals surface area contributed by atoms with Crippen molar-refractivity contribution >= 4 is 11.8 Å². The van der Waals surface area contributed by atoms with Crippen LogP contribution in [0.1, 0.15) is 30.8 Å². The number of nitrogens with zero attached hydrogens (tertiary/aromatic N) is 3. The second kappa shape index (κ2) is 5.94. The zero-order chi connectivity index (χ0) is 13.8. The summed E-state index contributed by atoms with van der Waals surface area (Å²) in [5.74, 6) is 0. The number of hydrogen-bond acceptors (Lipinski definition) is 3. The lowest BCUT2D eigenvalue weighted by Crippen LogP contribution is -2.04. The Hall–Kier alpha value is -1.73. The van der Waals surface area contributed by atoms with Gasteiger partial charge in [0, 0.05) is 10.6 Å². The number of rotatable bonds is 4. The third-order valence-electron chi connectivity index (χ3n) is 3.12. The van der Waals surface area contributed by atoms with Crippen LogP contribution in [0.15, 0.2) is 29.2 Å². The van der Waals surface area contributed by atoms with Crippen molar-refractivity contribution in [1.82, 2.24) is 9.78 Å². The first-order valence-electron chi connectivity index (χ1n) is 6.40. The van der Waals surface area contributed by atoms with Crippen molar-refractivity contribution in [3.8, 4) is 11.8 Å². The maximum absolute atomic E-state index is 9.41. The number of hydrogen-bond donors (Lipinski definition) is 0. The molecule has 98 valence electrons. The van der Waals surface area contributed by atoms with Gasteiger partial charge in [-0.05, 0) is 37.3 Å². The zero-order valence-electron chi connectivity index (χ0n) is 11.5. The summed E-state index contributed by atoms with van der Waals surface area (Å²) >= 11 is 1.59. The lowest BCUT2D eigenvalue weighted by atomic mass is 10.2. The first-order valence-corrected chi connectivity index (χ1v) is 7.62. The normalized spacial score (nSPS) is 10.4. The molecule has 0 bridgehead atoms. The average Bonchev–Trinajstić information content (AvgIpc) is 2.89. The molecule has 0 aliphatic heterocycles. The minimum atomic E-state index is 0.704. The Morgan fingerprint density at radius 1 is 1.32 bits per heavy atom. The molecule has 0 spiro atoms. The highest BCUT2D eigenvalue weighted by molar-refractivity contribution is 7.98. The molecule has 0 aliphatic rings. The summed E-state index contributed by atoms with van der Waals surface area (Å²) in [5.41, 5.74) is 3.79. The van der Waals surface area contributed by atoms with Crippen LogP contribution < -0.4 is 0 Å². The van der Waals surface area contributed by atoms with Gasteiger partial charge >= 0.3 is 0 Å². The minimum Gasteiger partial charge on any atom is -0.236 e. The monoisotopic (exact) mass is 271 g/mol. The molecule has 1 aromatic carbocycles. The summed E-state index contributed by atoms with van der Waals surface area (Å²) < 4.78 is 1.91. The number of thioether (sulfide) groups is 1. The summed E-state index contributed by atoms with van der Waals surface area (Å²) in [7, 11) is 0. The molecule has 3 nitrogen and oxygen atoms in total. The Labute approximate surface area is 118 Å². The maximum Gasteiger partial charge on any atom is 0.103 e. The molecule has 2 rings (SSSR count). The van der Waals surface area contributed by atoms with E-state index >= 15 is 0 Å². The van der Waals surface area contributed by atoms with Crippen molar-refractivity contribution in [1.29, 1.82) is 5.26 Å². The number of aromatic nitrogens is 2. The molecule has 0 fully saturated rings. The minimum absolute atomic E-state index is 0.704. The van der Waals surface area contributed by atoms with Crippen LogP contribution in [0.2, 0.25) is 0 Å². The van der Waals surface area contributed by atoms with Gasteiger partial charge < -0.3 is 0 Å². The van der Waals surface area contributed by atoms with Crippen LogP contribution in [0.4, 0.5) is 0 Å². The van der Waals surface area contributed by atoms with Crippen molar-refractivity contribution in [3.63, 3.8) is 0 Å². The first kappa shape index (κ1) is 13.7. The summed E-state index contributed by atoms with van der Waals surface area (Å²) in [6.45, 7) is 4.20. The van der Waals surface area contributed by atoms with Crippen molar-refractivity contribution in [3.05, 3.63) is 41.2 Å². The van der Waals surface area contributed by atoms with Gasteiger partial charge in [-0.25, -0.2) is 4.68 Å². The van der Waals surface area contributed by atoms with Crippen LogP contribution >= 0.6 is 11.8 Å². The van der Waals surface area contributed by atoms with Gasteiger partial charge in [-0.1, -0.05) is 19.9 Å². The van der Waals surface area contributed by atoms with Crippen LogP contribution in [0.25, 0.3) is 5.69 Å². The highest BCUT2D eigenvalue weighted by Gasteiger charge is 2.13. The standard InChI is InChI=1S/C15H17N3S/c1-4-11-9-12(5-2)18(17-11)14-7-6-8-15(19-3)13(14)10-16/h6-9H,4-5H2,1-3H3. The zero-order valence-corrected chi connectivity index (χ0v) is 12.3. The Bertz CT molecular complexity index is 623. The van der Waals surface area contributed by atoms with E-state index in [1.165, 1.54) is 0 Å². The van der Waals surface area contributed by atoms with Gasteiger partial charge in [-0.3, -0.25) is 0 Å². The molecule has 1 heterocycles. The third-order valence-corrected chi connectivity index (χ3v) is 3.90. The van der Waals surface area contributed by atoms with Crippen LogP contribution in [-0.4, -0.2) is 16.0 Å². The highest BCUT2D eigenvalue weighted by Crippen LogP contribution is 2.26. The molecule has 2 aromatic rings. The highest BCUT2D eigenvalue weighted by atomic mass is 32.2. The Balaban J connectivity index is 2.65. The largest absolute Gasteiger partial charge is 0.236 e. The van der Waals surface area contributed by atoms with E-state index in [0.29, 0.717) is 5.56 Å². The fourth-order valence-electron chi connectivity index (χ4n) is 2.09. The van der Waals surface area contributed by atoms with E-state index in [-0.39, 0.29) is 0 Å². The third kappa shape index (κ3) is 2.52. The Morgan fingerprint density at radius 2 is 2.11 bits per heavy atom. The number of nitriles is 1. The first-order chi connectivity index (χ1) is 9.24. The lowest BCUT2D eigenvalue weighted by Gasteiger charge is -2.10. The predicted molar refractivity (Wildman–Crippen MR) is 78.8 cm³/mol. The molecule has 4 heteroatoms. The van der Waals surface area contributed by atoms with Crippen LogP contribution in [0, 0.1) is 11.3 Å². The fourth-order valence-corrected chi connectivity index (χ4v) is 2.66. The molecule has 0 unspecified atom stereocenters. The van der Waals surface area contributed by atoms with Crippen molar-refractivity contribution in [2.24, 2.45) is 0 Å². The molecule has 0 amide bonds.